The fraction of sp³-hybridized carbons (Fsp3) is 0.444. The lowest BCUT2D eigenvalue weighted by atomic mass is 10.1. The Morgan fingerprint density at radius 3 is 3.08 bits per heavy atom. The smallest absolute Gasteiger partial charge is 0.156 e. The molecule has 0 spiro atoms. The molecule has 72 valence electrons. The van der Waals surface area contributed by atoms with Gasteiger partial charge in [0.05, 0.1) is 12.6 Å². The number of ether oxygens (including phenoxy) is 1. The van der Waals surface area contributed by atoms with Crippen LogP contribution in [-0.2, 0) is 16.0 Å². The van der Waals surface area contributed by atoms with Crippen molar-refractivity contribution in [2.24, 2.45) is 5.73 Å². The van der Waals surface area contributed by atoms with Crippen molar-refractivity contribution < 1.29 is 9.53 Å². The van der Waals surface area contributed by atoms with E-state index in [-0.39, 0.29) is 5.78 Å². The normalized spacial score (nSPS) is 12.8. The number of ketones is 1. The summed E-state index contributed by atoms with van der Waals surface area (Å²) < 4.78 is 4.80. The van der Waals surface area contributed by atoms with Gasteiger partial charge in [0.25, 0.3) is 0 Å². The second-order valence-corrected chi connectivity index (χ2v) is 3.62. The van der Waals surface area contributed by atoms with Crippen LogP contribution in [0.2, 0.25) is 0 Å². The van der Waals surface area contributed by atoms with E-state index in [9.17, 15) is 4.79 Å². The van der Waals surface area contributed by atoms with Gasteiger partial charge in [0, 0.05) is 13.5 Å². The highest BCUT2D eigenvalue weighted by Crippen LogP contribution is 2.07. The summed E-state index contributed by atoms with van der Waals surface area (Å²) >= 11 is 1.58. The number of nitrogens with two attached hydrogens (primary N) is 1. The third-order valence-electron chi connectivity index (χ3n) is 1.72. The van der Waals surface area contributed by atoms with Gasteiger partial charge in [-0.2, -0.15) is 11.3 Å². The fourth-order valence-corrected chi connectivity index (χ4v) is 1.67. The maximum Gasteiger partial charge on any atom is 0.156 e. The summed E-state index contributed by atoms with van der Waals surface area (Å²) in [5.41, 5.74) is 6.60. The summed E-state index contributed by atoms with van der Waals surface area (Å²) in [6.07, 6.45) is 0.411. The van der Waals surface area contributed by atoms with Crippen molar-refractivity contribution >= 4 is 17.1 Å². The SMILES string of the molecule is COCC(N)C(=O)Cc1ccsc1. The van der Waals surface area contributed by atoms with E-state index in [2.05, 4.69) is 0 Å². The monoisotopic (exact) mass is 199 g/mol. The summed E-state index contributed by atoms with van der Waals surface area (Å²) in [7, 11) is 1.54. The first-order valence-electron chi connectivity index (χ1n) is 4.02. The first-order valence-corrected chi connectivity index (χ1v) is 4.96. The Morgan fingerprint density at radius 2 is 2.54 bits per heavy atom. The third kappa shape index (κ3) is 3.26. The number of hydrogen-bond acceptors (Lipinski definition) is 4. The lowest BCUT2D eigenvalue weighted by Gasteiger charge is -2.07. The molecule has 1 aromatic heterocycles. The molecule has 1 rings (SSSR count). The first kappa shape index (κ1) is 10.4. The molecule has 0 fully saturated rings. The summed E-state index contributed by atoms with van der Waals surface area (Å²) in [4.78, 5) is 11.4. The zero-order valence-electron chi connectivity index (χ0n) is 7.53. The molecule has 2 N–H and O–H groups in total. The molecule has 0 aromatic carbocycles. The number of rotatable bonds is 5. The summed E-state index contributed by atoms with van der Waals surface area (Å²) in [5.74, 6) is 0.0280. The van der Waals surface area contributed by atoms with Crippen LogP contribution in [0.15, 0.2) is 16.8 Å². The van der Waals surface area contributed by atoms with Gasteiger partial charge in [-0.15, -0.1) is 0 Å². The van der Waals surface area contributed by atoms with Gasteiger partial charge < -0.3 is 10.5 Å². The fourth-order valence-electron chi connectivity index (χ4n) is 0.998. The van der Waals surface area contributed by atoms with Crippen LogP contribution >= 0.6 is 11.3 Å². The van der Waals surface area contributed by atoms with Gasteiger partial charge in [0.1, 0.15) is 0 Å². The molecule has 13 heavy (non-hydrogen) atoms. The van der Waals surface area contributed by atoms with E-state index in [1.807, 2.05) is 16.8 Å². The molecule has 0 saturated carbocycles. The second kappa shape index (κ2) is 5.11. The van der Waals surface area contributed by atoms with Gasteiger partial charge in [0.15, 0.2) is 5.78 Å². The molecule has 0 saturated heterocycles. The maximum atomic E-state index is 11.4. The minimum atomic E-state index is -0.495. The Balaban J connectivity index is 2.41. The quantitative estimate of drug-likeness (QED) is 0.764. The number of carbonyl (C=O) groups excluding carboxylic acids is 1. The van der Waals surface area contributed by atoms with E-state index in [4.69, 9.17) is 10.5 Å². The highest BCUT2D eigenvalue weighted by atomic mass is 32.1. The van der Waals surface area contributed by atoms with E-state index >= 15 is 0 Å². The van der Waals surface area contributed by atoms with E-state index in [0.717, 1.165) is 5.56 Å². The highest BCUT2D eigenvalue weighted by Gasteiger charge is 2.13. The Labute approximate surface area is 81.5 Å². The lowest BCUT2D eigenvalue weighted by Crippen LogP contribution is -2.35. The van der Waals surface area contributed by atoms with Gasteiger partial charge in [-0.1, -0.05) is 0 Å². The molecular formula is C9H13NO2S. The van der Waals surface area contributed by atoms with Crippen LogP contribution in [0.1, 0.15) is 5.56 Å². The van der Waals surface area contributed by atoms with E-state index in [1.165, 1.54) is 7.11 Å². The Morgan fingerprint density at radius 1 is 1.77 bits per heavy atom. The van der Waals surface area contributed by atoms with Gasteiger partial charge in [-0.25, -0.2) is 0 Å². The van der Waals surface area contributed by atoms with Crippen LogP contribution in [0.3, 0.4) is 0 Å². The van der Waals surface area contributed by atoms with Gasteiger partial charge in [0.2, 0.25) is 0 Å². The minimum absolute atomic E-state index is 0.0280. The summed E-state index contributed by atoms with van der Waals surface area (Å²) in [6, 6.07) is 1.44. The molecule has 1 aromatic rings. The molecule has 1 atom stereocenters. The number of methoxy groups -OCH3 is 1. The van der Waals surface area contributed by atoms with Crippen molar-refractivity contribution in [3.63, 3.8) is 0 Å². The lowest BCUT2D eigenvalue weighted by molar-refractivity contribution is -0.120. The first-order chi connectivity index (χ1) is 6.24. The van der Waals surface area contributed by atoms with Crippen molar-refractivity contribution in [1.82, 2.24) is 0 Å². The van der Waals surface area contributed by atoms with Gasteiger partial charge in [-0.3, -0.25) is 4.79 Å². The van der Waals surface area contributed by atoms with Crippen LogP contribution in [0.4, 0.5) is 0 Å². The molecule has 0 radical (unpaired) electrons. The molecule has 1 heterocycles. The number of thiophene rings is 1. The van der Waals surface area contributed by atoms with Gasteiger partial charge >= 0.3 is 0 Å². The second-order valence-electron chi connectivity index (χ2n) is 2.84. The predicted molar refractivity (Wildman–Crippen MR) is 52.9 cm³/mol. The summed E-state index contributed by atoms with van der Waals surface area (Å²) in [6.45, 7) is 0.295. The average molecular weight is 199 g/mol. The largest absolute Gasteiger partial charge is 0.383 e. The molecule has 3 nitrogen and oxygen atoms in total. The zero-order valence-corrected chi connectivity index (χ0v) is 8.34. The van der Waals surface area contributed by atoms with Crippen LogP contribution in [0, 0.1) is 0 Å². The molecule has 0 aliphatic rings. The van der Waals surface area contributed by atoms with Crippen LogP contribution < -0.4 is 5.73 Å². The Kier molecular flexibility index (Phi) is 4.08. The highest BCUT2D eigenvalue weighted by molar-refractivity contribution is 7.07. The van der Waals surface area contributed by atoms with Crippen molar-refractivity contribution in [1.29, 1.82) is 0 Å². The van der Waals surface area contributed by atoms with Crippen molar-refractivity contribution in [2.45, 2.75) is 12.5 Å². The molecule has 0 aliphatic carbocycles. The van der Waals surface area contributed by atoms with Crippen molar-refractivity contribution in [3.8, 4) is 0 Å². The van der Waals surface area contributed by atoms with Crippen LogP contribution in [0.25, 0.3) is 0 Å². The van der Waals surface area contributed by atoms with Crippen molar-refractivity contribution in [3.05, 3.63) is 22.4 Å². The Bertz CT molecular complexity index is 259. The molecular weight excluding hydrogens is 186 g/mol. The standard InChI is InChI=1S/C9H13NO2S/c1-12-5-8(10)9(11)4-7-2-3-13-6-7/h2-3,6,8H,4-5,10H2,1H3. The number of hydrogen-bond donors (Lipinski definition) is 1. The maximum absolute atomic E-state index is 11.4. The van der Waals surface area contributed by atoms with Crippen LogP contribution in [0.5, 0.6) is 0 Å². The zero-order chi connectivity index (χ0) is 9.68. The van der Waals surface area contributed by atoms with Crippen molar-refractivity contribution in [2.75, 3.05) is 13.7 Å². The van der Waals surface area contributed by atoms with E-state index in [1.54, 1.807) is 11.3 Å². The number of Topliss-reactive ketones (excluding diaryl/α,β-unsaturated/α-hetero) is 1. The summed E-state index contributed by atoms with van der Waals surface area (Å²) in [5, 5.41) is 3.90. The molecule has 0 bridgehead atoms. The molecule has 0 aliphatic heterocycles. The molecule has 1 unspecified atom stereocenters. The number of carbonyl (C=O) groups is 1. The van der Waals surface area contributed by atoms with E-state index in [0.29, 0.717) is 13.0 Å². The third-order valence-corrected chi connectivity index (χ3v) is 2.45. The predicted octanol–water partition coefficient (Wildman–Crippen LogP) is 0.833. The van der Waals surface area contributed by atoms with Crippen LogP contribution in [-0.4, -0.2) is 25.5 Å². The molecule has 4 heteroatoms. The van der Waals surface area contributed by atoms with E-state index < -0.39 is 6.04 Å². The minimum Gasteiger partial charge on any atom is -0.383 e. The topological polar surface area (TPSA) is 52.3 Å². The average Bonchev–Trinajstić information content (AvgIpc) is 2.57. The molecule has 0 amide bonds. The Hall–Kier alpha value is -0.710. The van der Waals surface area contributed by atoms with Gasteiger partial charge in [-0.05, 0) is 22.4 Å².